The zero-order chi connectivity index (χ0) is 22.2. The molecule has 0 spiro atoms. The summed E-state index contributed by atoms with van der Waals surface area (Å²) in [4.78, 5) is 26.2. The van der Waals surface area contributed by atoms with E-state index >= 15 is 0 Å². The van der Waals surface area contributed by atoms with Crippen LogP contribution in [0.1, 0.15) is 48.3 Å². The Morgan fingerprint density at radius 2 is 1.77 bits per heavy atom. The number of Topliss-reactive ketones (excluding diaryl/α,β-unsaturated/α-hetero) is 1. The van der Waals surface area contributed by atoms with Gasteiger partial charge in [0.2, 0.25) is 0 Å². The third-order valence-corrected chi connectivity index (χ3v) is 5.06. The lowest BCUT2D eigenvalue weighted by Gasteiger charge is -2.26. The van der Waals surface area contributed by atoms with Crippen molar-refractivity contribution in [1.29, 1.82) is 0 Å². The first-order valence-corrected chi connectivity index (χ1v) is 9.56. The molecule has 158 valence electrons. The van der Waals surface area contributed by atoms with E-state index in [0.717, 1.165) is 11.6 Å². The highest BCUT2D eigenvalue weighted by Crippen LogP contribution is 2.39. The molecule has 0 saturated heterocycles. The second kappa shape index (κ2) is 7.97. The molecule has 0 bridgehead atoms. The van der Waals surface area contributed by atoms with E-state index in [-0.39, 0.29) is 29.2 Å². The number of fused-ring (bicyclic) bond motifs is 1. The van der Waals surface area contributed by atoms with Crippen LogP contribution in [0.5, 0.6) is 0 Å². The van der Waals surface area contributed by atoms with Gasteiger partial charge < -0.3 is 9.47 Å². The molecule has 0 saturated carbocycles. The van der Waals surface area contributed by atoms with Crippen molar-refractivity contribution in [2.24, 2.45) is 0 Å². The van der Waals surface area contributed by atoms with Crippen LogP contribution in [-0.4, -0.2) is 17.4 Å². The Kier molecular flexibility index (Phi) is 5.74. The van der Waals surface area contributed by atoms with E-state index in [0.29, 0.717) is 5.52 Å². The van der Waals surface area contributed by atoms with Crippen LogP contribution >= 0.6 is 0 Å². The number of rotatable bonds is 5. The normalized spacial score (nSPS) is 11.9. The average molecular weight is 416 g/mol. The SMILES string of the molecule is CC(=O)c1cn(C(C)C)c2cc(N(C)Cc3ccccc3)c(C(F)(F)F)cc2c1=O. The maximum Gasteiger partial charge on any atom is 0.418 e. The first-order valence-electron chi connectivity index (χ1n) is 9.56. The quantitative estimate of drug-likeness (QED) is 0.520. The summed E-state index contributed by atoms with van der Waals surface area (Å²) in [5.41, 5.74) is -0.499. The molecular weight excluding hydrogens is 393 g/mol. The molecule has 3 rings (SSSR count). The van der Waals surface area contributed by atoms with Gasteiger partial charge in [-0.1, -0.05) is 30.3 Å². The maximum absolute atomic E-state index is 13.9. The first-order chi connectivity index (χ1) is 14.0. The summed E-state index contributed by atoms with van der Waals surface area (Å²) in [5, 5.41) is -0.111. The summed E-state index contributed by atoms with van der Waals surface area (Å²) in [5.74, 6) is -0.477. The largest absolute Gasteiger partial charge is 0.418 e. The number of pyridine rings is 1. The van der Waals surface area contributed by atoms with Gasteiger partial charge in [-0.05, 0) is 38.5 Å². The molecule has 1 heterocycles. The number of alkyl halides is 3. The van der Waals surface area contributed by atoms with Gasteiger partial charge in [0.05, 0.1) is 22.3 Å². The standard InChI is InChI=1S/C23H23F3N2O2/c1-14(2)28-13-18(15(3)29)22(30)17-10-19(23(24,25)26)21(11-20(17)28)27(4)12-16-8-6-5-7-9-16/h5-11,13-14H,12H2,1-4H3. The maximum atomic E-state index is 13.9. The number of aromatic nitrogens is 1. The van der Waals surface area contributed by atoms with E-state index in [1.807, 2.05) is 44.2 Å². The molecule has 1 aromatic heterocycles. The molecule has 0 unspecified atom stereocenters. The number of carbonyl (C=O) groups excluding carboxylic acids is 1. The molecule has 0 fully saturated rings. The van der Waals surface area contributed by atoms with E-state index in [1.165, 1.54) is 24.1 Å². The number of ketones is 1. The fourth-order valence-corrected chi connectivity index (χ4v) is 3.55. The van der Waals surface area contributed by atoms with Crippen LogP contribution in [-0.2, 0) is 12.7 Å². The van der Waals surface area contributed by atoms with Crippen LogP contribution < -0.4 is 10.3 Å². The Bertz CT molecular complexity index is 1150. The number of nitrogens with zero attached hydrogens (tertiary/aromatic N) is 2. The molecular formula is C23H23F3N2O2. The van der Waals surface area contributed by atoms with Crippen molar-refractivity contribution in [3.8, 4) is 0 Å². The van der Waals surface area contributed by atoms with Crippen molar-refractivity contribution >= 4 is 22.4 Å². The summed E-state index contributed by atoms with van der Waals surface area (Å²) in [6.07, 6.45) is -3.22. The van der Waals surface area contributed by atoms with Gasteiger partial charge in [0.15, 0.2) is 11.2 Å². The van der Waals surface area contributed by atoms with Crippen molar-refractivity contribution < 1.29 is 18.0 Å². The summed E-state index contributed by atoms with van der Waals surface area (Å²) in [6, 6.07) is 11.3. The second-order valence-electron chi connectivity index (χ2n) is 7.66. The Morgan fingerprint density at radius 1 is 1.13 bits per heavy atom. The summed E-state index contributed by atoms with van der Waals surface area (Å²) >= 11 is 0. The minimum absolute atomic E-state index is 0.0248. The van der Waals surface area contributed by atoms with E-state index in [4.69, 9.17) is 0 Å². The number of hydrogen-bond acceptors (Lipinski definition) is 3. The molecule has 0 aliphatic carbocycles. The summed E-state index contributed by atoms with van der Waals surface area (Å²) in [7, 11) is 1.59. The number of anilines is 1. The fraction of sp³-hybridized carbons (Fsp3) is 0.304. The van der Waals surface area contributed by atoms with Crippen LogP contribution in [0.25, 0.3) is 10.9 Å². The van der Waals surface area contributed by atoms with Crippen molar-refractivity contribution in [1.82, 2.24) is 4.57 Å². The highest BCUT2D eigenvalue weighted by molar-refractivity contribution is 5.98. The molecule has 30 heavy (non-hydrogen) atoms. The van der Waals surface area contributed by atoms with Gasteiger partial charge in [-0.25, -0.2) is 0 Å². The third-order valence-electron chi connectivity index (χ3n) is 5.06. The zero-order valence-electron chi connectivity index (χ0n) is 17.2. The van der Waals surface area contributed by atoms with Gasteiger partial charge in [0.1, 0.15) is 0 Å². The highest BCUT2D eigenvalue weighted by Gasteiger charge is 2.35. The van der Waals surface area contributed by atoms with E-state index in [1.54, 1.807) is 11.6 Å². The van der Waals surface area contributed by atoms with Gasteiger partial charge in [-0.2, -0.15) is 13.2 Å². The number of carbonyl (C=O) groups is 1. The predicted molar refractivity (Wildman–Crippen MR) is 112 cm³/mol. The topological polar surface area (TPSA) is 42.3 Å². The monoisotopic (exact) mass is 416 g/mol. The molecule has 2 aromatic carbocycles. The molecule has 0 N–H and O–H groups in total. The molecule has 0 aliphatic rings. The van der Waals surface area contributed by atoms with Crippen molar-refractivity contribution in [3.05, 3.63) is 75.6 Å². The Balaban J connectivity index is 2.31. The lowest BCUT2D eigenvalue weighted by atomic mass is 10.0. The first kappa shape index (κ1) is 21.6. The van der Waals surface area contributed by atoms with Crippen LogP contribution in [0.2, 0.25) is 0 Å². The minimum atomic E-state index is -4.66. The molecule has 0 atom stereocenters. The fourth-order valence-electron chi connectivity index (χ4n) is 3.55. The molecule has 0 aliphatic heterocycles. The number of halogens is 3. The molecule has 0 amide bonds. The molecule has 3 aromatic rings. The van der Waals surface area contributed by atoms with Crippen LogP contribution in [0.15, 0.2) is 53.5 Å². The number of hydrogen-bond donors (Lipinski definition) is 0. The third kappa shape index (κ3) is 4.10. The predicted octanol–water partition coefficient (Wildman–Crippen LogP) is 5.44. The molecule has 4 nitrogen and oxygen atoms in total. The van der Waals surface area contributed by atoms with Crippen molar-refractivity contribution in [2.45, 2.75) is 39.5 Å². The van der Waals surface area contributed by atoms with Gasteiger partial charge in [-0.15, -0.1) is 0 Å². The van der Waals surface area contributed by atoms with Gasteiger partial charge >= 0.3 is 6.18 Å². The molecule has 7 heteroatoms. The second-order valence-corrected chi connectivity index (χ2v) is 7.66. The van der Waals surface area contributed by atoms with Crippen molar-refractivity contribution in [3.63, 3.8) is 0 Å². The summed E-state index contributed by atoms with van der Waals surface area (Å²) in [6.45, 7) is 5.20. The van der Waals surface area contributed by atoms with Gasteiger partial charge in [-0.3, -0.25) is 9.59 Å². The number of benzene rings is 2. The van der Waals surface area contributed by atoms with Crippen LogP contribution in [0.4, 0.5) is 18.9 Å². The van der Waals surface area contributed by atoms with E-state index in [9.17, 15) is 22.8 Å². The van der Waals surface area contributed by atoms with E-state index in [2.05, 4.69) is 0 Å². The van der Waals surface area contributed by atoms with Crippen LogP contribution in [0, 0.1) is 0 Å². The average Bonchev–Trinajstić information content (AvgIpc) is 2.67. The Labute approximate surface area is 172 Å². The molecule has 0 radical (unpaired) electrons. The van der Waals surface area contributed by atoms with Crippen LogP contribution in [0.3, 0.4) is 0 Å². The van der Waals surface area contributed by atoms with Crippen molar-refractivity contribution in [2.75, 3.05) is 11.9 Å². The lowest BCUT2D eigenvalue weighted by Crippen LogP contribution is -2.24. The summed E-state index contributed by atoms with van der Waals surface area (Å²) < 4.78 is 43.4. The lowest BCUT2D eigenvalue weighted by molar-refractivity contribution is -0.137. The van der Waals surface area contributed by atoms with E-state index < -0.39 is 23.0 Å². The van der Waals surface area contributed by atoms with Gasteiger partial charge in [0, 0.05) is 31.2 Å². The Hall–Kier alpha value is -3.09. The minimum Gasteiger partial charge on any atom is -0.370 e. The smallest absolute Gasteiger partial charge is 0.370 e. The Morgan fingerprint density at radius 3 is 2.30 bits per heavy atom. The van der Waals surface area contributed by atoms with Gasteiger partial charge in [0.25, 0.3) is 0 Å². The zero-order valence-corrected chi connectivity index (χ0v) is 17.2. The highest BCUT2D eigenvalue weighted by atomic mass is 19.4.